The van der Waals surface area contributed by atoms with E-state index in [0.717, 1.165) is 0 Å². The van der Waals surface area contributed by atoms with Gasteiger partial charge in [0.25, 0.3) is 0 Å². The first-order chi connectivity index (χ1) is 12.6. The fraction of sp³-hybridized carbons (Fsp3) is 0.250. The molecule has 2 rings (SSSR count). The van der Waals surface area contributed by atoms with E-state index in [1.165, 1.54) is 20.3 Å². The van der Waals surface area contributed by atoms with E-state index in [4.69, 9.17) is 18.9 Å². The largest absolute Gasteiger partial charge is 0.502 e. The quantitative estimate of drug-likeness (QED) is 0.421. The molecule has 2 aromatic rings. The number of aromatic hydroxyl groups is 1. The zero-order valence-electron chi connectivity index (χ0n) is 15.0. The molecule has 6 heteroatoms. The van der Waals surface area contributed by atoms with Crippen LogP contribution in [0.4, 0.5) is 0 Å². The van der Waals surface area contributed by atoms with E-state index in [0.29, 0.717) is 30.1 Å². The summed E-state index contributed by atoms with van der Waals surface area (Å²) in [5.41, 5.74) is 1.21. The van der Waals surface area contributed by atoms with Gasteiger partial charge in [0.15, 0.2) is 17.3 Å². The summed E-state index contributed by atoms with van der Waals surface area (Å²) in [4.78, 5) is 12.3. The highest BCUT2D eigenvalue weighted by atomic mass is 16.5. The molecule has 0 aliphatic rings. The molecule has 2 aromatic carbocycles. The molecule has 1 N–H and O–H groups in total. The van der Waals surface area contributed by atoms with Crippen molar-refractivity contribution in [2.45, 2.75) is 0 Å². The second-order valence-corrected chi connectivity index (χ2v) is 5.34. The first-order valence-electron chi connectivity index (χ1n) is 7.98. The molecule has 26 heavy (non-hydrogen) atoms. The van der Waals surface area contributed by atoms with E-state index < -0.39 is 0 Å². The minimum absolute atomic E-state index is 0.0810. The number of rotatable bonds is 9. The van der Waals surface area contributed by atoms with Crippen molar-refractivity contribution < 1.29 is 28.8 Å². The number of benzene rings is 2. The SMILES string of the molecule is COCCOc1ccc(C(=O)/C=C/c2cc(OC)c(O)c(OC)c2)cc1. The summed E-state index contributed by atoms with van der Waals surface area (Å²) in [7, 11) is 4.50. The minimum atomic E-state index is -0.153. The lowest BCUT2D eigenvalue weighted by Crippen LogP contribution is -2.04. The molecule has 0 unspecified atom stereocenters. The third-order valence-electron chi connectivity index (χ3n) is 3.62. The van der Waals surface area contributed by atoms with Gasteiger partial charge in [-0.05, 0) is 48.0 Å². The van der Waals surface area contributed by atoms with Crippen LogP contribution in [0, 0.1) is 0 Å². The Morgan fingerprint density at radius 3 is 2.15 bits per heavy atom. The molecule has 0 aliphatic heterocycles. The number of ketones is 1. The molecule has 0 heterocycles. The molecule has 0 aliphatic carbocycles. The first-order valence-corrected chi connectivity index (χ1v) is 7.98. The van der Waals surface area contributed by atoms with Gasteiger partial charge in [0.1, 0.15) is 12.4 Å². The van der Waals surface area contributed by atoms with E-state index in [1.54, 1.807) is 49.6 Å². The maximum absolute atomic E-state index is 12.3. The Labute approximate surface area is 152 Å². The number of phenolic OH excluding ortho intramolecular Hbond substituents is 1. The van der Waals surface area contributed by atoms with Gasteiger partial charge in [0, 0.05) is 12.7 Å². The van der Waals surface area contributed by atoms with E-state index >= 15 is 0 Å². The summed E-state index contributed by atoms with van der Waals surface area (Å²) in [6.07, 6.45) is 3.09. The van der Waals surface area contributed by atoms with Crippen LogP contribution in [-0.2, 0) is 4.74 Å². The van der Waals surface area contributed by atoms with Gasteiger partial charge in [-0.3, -0.25) is 4.79 Å². The van der Waals surface area contributed by atoms with E-state index in [2.05, 4.69) is 0 Å². The number of methoxy groups -OCH3 is 3. The van der Waals surface area contributed by atoms with Crippen molar-refractivity contribution in [1.29, 1.82) is 0 Å². The molecule has 0 fully saturated rings. The molecule has 0 saturated carbocycles. The zero-order chi connectivity index (χ0) is 18.9. The third kappa shape index (κ3) is 5.00. The van der Waals surface area contributed by atoms with Gasteiger partial charge in [-0.2, -0.15) is 0 Å². The van der Waals surface area contributed by atoms with Crippen LogP contribution in [0.5, 0.6) is 23.0 Å². The van der Waals surface area contributed by atoms with E-state index in [9.17, 15) is 9.90 Å². The predicted molar refractivity (Wildman–Crippen MR) is 98.4 cm³/mol. The third-order valence-corrected chi connectivity index (χ3v) is 3.62. The Bertz CT molecular complexity index is 739. The van der Waals surface area contributed by atoms with Crippen molar-refractivity contribution in [1.82, 2.24) is 0 Å². The number of carbonyl (C=O) groups excluding carboxylic acids is 1. The monoisotopic (exact) mass is 358 g/mol. The summed E-state index contributed by atoms with van der Waals surface area (Å²) < 4.78 is 20.6. The average Bonchev–Trinajstić information content (AvgIpc) is 2.67. The van der Waals surface area contributed by atoms with Gasteiger partial charge >= 0.3 is 0 Å². The Morgan fingerprint density at radius 2 is 1.62 bits per heavy atom. The number of ether oxygens (including phenoxy) is 4. The van der Waals surface area contributed by atoms with Gasteiger partial charge in [-0.1, -0.05) is 6.08 Å². The average molecular weight is 358 g/mol. The minimum Gasteiger partial charge on any atom is -0.502 e. The molecular formula is C20H22O6. The van der Waals surface area contributed by atoms with Crippen LogP contribution < -0.4 is 14.2 Å². The van der Waals surface area contributed by atoms with Crippen LogP contribution in [0.2, 0.25) is 0 Å². The molecule has 0 aromatic heterocycles. The summed E-state index contributed by atoms with van der Waals surface area (Å²) in [5, 5.41) is 9.91. The second kappa shape index (κ2) is 9.48. The van der Waals surface area contributed by atoms with Crippen LogP contribution in [0.25, 0.3) is 6.08 Å². The van der Waals surface area contributed by atoms with Crippen LogP contribution in [0.1, 0.15) is 15.9 Å². The maximum Gasteiger partial charge on any atom is 0.200 e. The summed E-state index contributed by atoms with van der Waals surface area (Å²) in [5.74, 6) is 0.987. The number of allylic oxidation sites excluding steroid dienone is 1. The summed E-state index contributed by atoms with van der Waals surface area (Å²) in [6, 6.07) is 10.1. The Morgan fingerprint density at radius 1 is 1.00 bits per heavy atom. The Kier molecular flexibility index (Phi) is 7.05. The van der Waals surface area contributed by atoms with Crippen LogP contribution in [0.15, 0.2) is 42.5 Å². The van der Waals surface area contributed by atoms with Gasteiger partial charge < -0.3 is 24.1 Å². The number of phenols is 1. The highest BCUT2D eigenvalue weighted by Gasteiger charge is 2.10. The summed E-state index contributed by atoms with van der Waals surface area (Å²) in [6.45, 7) is 0.956. The molecule has 6 nitrogen and oxygen atoms in total. The van der Waals surface area contributed by atoms with Crippen molar-refractivity contribution in [3.8, 4) is 23.0 Å². The summed E-state index contributed by atoms with van der Waals surface area (Å²) >= 11 is 0. The van der Waals surface area contributed by atoms with Gasteiger partial charge in [0.2, 0.25) is 5.75 Å². The predicted octanol–water partition coefficient (Wildman–Crippen LogP) is 3.33. The number of hydrogen-bond donors (Lipinski definition) is 1. The molecule has 0 bridgehead atoms. The molecule has 0 amide bonds. The Hall–Kier alpha value is -2.99. The molecule has 0 atom stereocenters. The molecular weight excluding hydrogens is 336 g/mol. The van der Waals surface area contributed by atoms with Crippen molar-refractivity contribution in [3.63, 3.8) is 0 Å². The van der Waals surface area contributed by atoms with Crippen LogP contribution in [-0.4, -0.2) is 45.4 Å². The lowest BCUT2D eigenvalue weighted by molar-refractivity contribution is 0.104. The van der Waals surface area contributed by atoms with Crippen molar-refractivity contribution >= 4 is 11.9 Å². The zero-order valence-corrected chi connectivity index (χ0v) is 15.0. The maximum atomic E-state index is 12.3. The first kappa shape index (κ1) is 19.3. The van der Waals surface area contributed by atoms with Gasteiger partial charge in [0.05, 0.1) is 20.8 Å². The van der Waals surface area contributed by atoms with Crippen LogP contribution in [0.3, 0.4) is 0 Å². The Balaban J connectivity index is 2.09. The van der Waals surface area contributed by atoms with Gasteiger partial charge in [-0.15, -0.1) is 0 Å². The highest BCUT2D eigenvalue weighted by molar-refractivity contribution is 6.06. The van der Waals surface area contributed by atoms with E-state index in [1.807, 2.05) is 0 Å². The van der Waals surface area contributed by atoms with E-state index in [-0.39, 0.29) is 23.0 Å². The number of hydrogen-bond acceptors (Lipinski definition) is 6. The van der Waals surface area contributed by atoms with Crippen LogP contribution >= 0.6 is 0 Å². The molecule has 0 spiro atoms. The van der Waals surface area contributed by atoms with Crippen molar-refractivity contribution in [3.05, 3.63) is 53.6 Å². The van der Waals surface area contributed by atoms with Gasteiger partial charge in [-0.25, -0.2) is 0 Å². The van der Waals surface area contributed by atoms with Crippen molar-refractivity contribution in [2.24, 2.45) is 0 Å². The topological polar surface area (TPSA) is 74.2 Å². The fourth-order valence-electron chi connectivity index (χ4n) is 2.24. The lowest BCUT2D eigenvalue weighted by atomic mass is 10.1. The standard InChI is InChI=1S/C20H22O6/c1-23-10-11-26-16-7-5-15(6-8-16)17(21)9-4-14-12-18(24-2)20(22)19(13-14)25-3/h4-9,12-13,22H,10-11H2,1-3H3/b9-4+. The molecule has 138 valence electrons. The number of carbonyl (C=O) groups is 1. The lowest BCUT2D eigenvalue weighted by Gasteiger charge is -2.09. The fourth-order valence-corrected chi connectivity index (χ4v) is 2.24. The molecule has 0 saturated heterocycles. The molecule has 0 radical (unpaired) electrons. The normalized spacial score (nSPS) is 10.7. The van der Waals surface area contributed by atoms with Crippen molar-refractivity contribution in [2.75, 3.05) is 34.5 Å². The second-order valence-electron chi connectivity index (χ2n) is 5.34. The smallest absolute Gasteiger partial charge is 0.200 e. The highest BCUT2D eigenvalue weighted by Crippen LogP contribution is 2.37.